The number of ketones is 1. The summed E-state index contributed by atoms with van der Waals surface area (Å²) in [5.74, 6) is 1.10. The molecule has 5 rings (SSSR count). The third kappa shape index (κ3) is 3.68. The van der Waals surface area contributed by atoms with Crippen LogP contribution in [0.5, 0.6) is 0 Å². The number of nitrogens with zero attached hydrogens (tertiary/aromatic N) is 4. The SMILES string of the molecule is CCC1CC(n2ccc3cc(F)c(N4CCN(c5ccc(C(C)=O)cc5)CC4)nc32)C1. The second-order valence-electron chi connectivity index (χ2n) is 8.91. The highest BCUT2D eigenvalue weighted by atomic mass is 19.1. The topological polar surface area (TPSA) is 41.4 Å². The maximum Gasteiger partial charge on any atom is 0.167 e. The van der Waals surface area contributed by atoms with Crippen molar-refractivity contribution in [2.45, 2.75) is 39.2 Å². The Bertz CT molecular complexity index is 1090. The largest absolute Gasteiger partial charge is 0.368 e. The van der Waals surface area contributed by atoms with Crippen LogP contribution in [0.2, 0.25) is 0 Å². The number of fused-ring (bicyclic) bond motifs is 1. The van der Waals surface area contributed by atoms with Gasteiger partial charge in [-0.1, -0.05) is 13.3 Å². The molecule has 0 radical (unpaired) electrons. The van der Waals surface area contributed by atoms with Crippen molar-refractivity contribution in [1.82, 2.24) is 9.55 Å². The number of piperazine rings is 1. The van der Waals surface area contributed by atoms with E-state index in [1.165, 1.54) is 19.3 Å². The normalized spacial score (nSPS) is 21.4. The third-order valence-electron chi connectivity index (χ3n) is 7.02. The molecule has 3 heterocycles. The molecule has 2 aromatic heterocycles. The van der Waals surface area contributed by atoms with Crippen LogP contribution in [0.3, 0.4) is 0 Å². The summed E-state index contributed by atoms with van der Waals surface area (Å²) in [7, 11) is 0. The summed E-state index contributed by atoms with van der Waals surface area (Å²) in [6, 6.07) is 11.8. The lowest BCUT2D eigenvalue weighted by Gasteiger charge is -2.37. The number of hydrogen-bond acceptors (Lipinski definition) is 4. The van der Waals surface area contributed by atoms with Gasteiger partial charge in [-0.25, -0.2) is 9.37 Å². The smallest absolute Gasteiger partial charge is 0.167 e. The molecule has 31 heavy (non-hydrogen) atoms. The lowest BCUT2D eigenvalue weighted by atomic mass is 9.78. The van der Waals surface area contributed by atoms with E-state index >= 15 is 0 Å². The van der Waals surface area contributed by atoms with E-state index in [0.717, 1.165) is 41.3 Å². The first-order valence-corrected chi connectivity index (χ1v) is 11.3. The Morgan fingerprint density at radius 2 is 1.74 bits per heavy atom. The molecule has 0 atom stereocenters. The number of carbonyl (C=O) groups is 1. The second-order valence-corrected chi connectivity index (χ2v) is 8.91. The van der Waals surface area contributed by atoms with E-state index in [4.69, 9.17) is 4.98 Å². The number of halogens is 1. The van der Waals surface area contributed by atoms with Gasteiger partial charge in [-0.05, 0) is 62.1 Å². The summed E-state index contributed by atoms with van der Waals surface area (Å²) in [5, 5.41) is 0.880. The first-order chi connectivity index (χ1) is 15.0. The lowest BCUT2D eigenvalue weighted by Crippen LogP contribution is -2.47. The number of pyridine rings is 1. The Hall–Kier alpha value is -2.89. The van der Waals surface area contributed by atoms with Crippen LogP contribution in [0, 0.1) is 11.7 Å². The zero-order valence-corrected chi connectivity index (χ0v) is 18.2. The molecule has 1 aliphatic carbocycles. The van der Waals surface area contributed by atoms with Crippen LogP contribution >= 0.6 is 0 Å². The maximum atomic E-state index is 14.9. The highest BCUT2D eigenvalue weighted by Gasteiger charge is 2.30. The Morgan fingerprint density at radius 1 is 1.06 bits per heavy atom. The van der Waals surface area contributed by atoms with Gasteiger partial charge in [0.2, 0.25) is 0 Å². The van der Waals surface area contributed by atoms with Gasteiger partial charge in [0.15, 0.2) is 17.4 Å². The molecule has 1 saturated carbocycles. The molecule has 1 aromatic carbocycles. The molecule has 162 valence electrons. The molecule has 2 fully saturated rings. The summed E-state index contributed by atoms with van der Waals surface area (Å²) in [5.41, 5.74) is 2.72. The zero-order valence-electron chi connectivity index (χ0n) is 18.2. The van der Waals surface area contributed by atoms with E-state index in [1.54, 1.807) is 13.0 Å². The number of benzene rings is 1. The molecule has 6 heteroatoms. The minimum Gasteiger partial charge on any atom is -0.368 e. The first kappa shape index (κ1) is 20.0. The monoisotopic (exact) mass is 420 g/mol. The minimum absolute atomic E-state index is 0.0742. The first-order valence-electron chi connectivity index (χ1n) is 11.3. The molecule has 1 saturated heterocycles. The van der Waals surface area contributed by atoms with Crippen LogP contribution in [0.1, 0.15) is 49.5 Å². The summed E-state index contributed by atoms with van der Waals surface area (Å²) < 4.78 is 17.2. The number of Topliss-reactive ketones (excluding diaryl/α,β-unsaturated/α-hetero) is 1. The van der Waals surface area contributed by atoms with Crippen LogP contribution in [-0.4, -0.2) is 41.5 Å². The Balaban J connectivity index is 1.32. The third-order valence-corrected chi connectivity index (χ3v) is 7.02. The minimum atomic E-state index is -0.246. The van der Waals surface area contributed by atoms with Gasteiger partial charge < -0.3 is 14.4 Å². The van der Waals surface area contributed by atoms with Crippen molar-refractivity contribution in [1.29, 1.82) is 0 Å². The van der Waals surface area contributed by atoms with Gasteiger partial charge in [-0.3, -0.25) is 4.79 Å². The fourth-order valence-corrected chi connectivity index (χ4v) is 4.91. The Morgan fingerprint density at radius 3 is 2.39 bits per heavy atom. The number of carbonyl (C=O) groups excluding carboxylic acids is 1. The van der Waals surface area contributed by atoms with Crippen LogP contribution in [0.4, 0.5) is 15.9 Å². The van der Waals surface area contributed by atoms with E-state index < -0.39 is 0 Å². The van der Waals surface area contributed by atoms with Crippen molar-refractivity contribution in [3.8, 4) is 0 Å². The van der Waals surface area contributed by atoms with Gasteiger partial charge in [-0.15, -0.1) is 0 Å². The molecule has 5 nitrogen and oxygen atoms in total. The fourth-order valence-electron chi connectivity index (χ4n) is 4.91. The Labute approximate surface area is 182 Å². The molecule has 0 amide bonds. The molecule has 0 bridgehead atoms. The van der Waals surface area contributed by atoms with Gasteiger partial charge in [0.25, 0.3) is 0 Å². The van der Waals surface area contributed by atoms with Gasteiger partial charge in [0, 0.05) is 55.1 Å². The van der Waals surface area contributed by atoms with E-state index in [2.05, 4.69) is 27.5 Å². The lowest BCUT2D eigenvalue weighted by molar-refractivity contribution is 0.101. The van der Waals surface area contributed by atoms with Crippen molar-refractivity contribution in [2.24, 2.45) is 5.92 Å². The van der Waals surface area contributed by atoms with Crippen molar-refractivity contribution < 1.29 is 9.18 Å². The van der Waals surface area contributed by atoms with Crippen LogP contribution in [0.25, 0.3) is 11.0 Å². The highest BCUT2D eigenvalue weighted by Crippen LogP contribution is 2.41. The van der Waals surface area contributed by atoms with Crippen molar-refractivity contribution >= 4 is 28.3 Å². The van der Waals surface area contributed by atoms with Crippen LogP contribution in [-0.2, 0) is 0 Å². The summed E-state index contributed by atoms with van der Waals surface area (Å²) in [6.07, 6.45) is 5.68. The van der Waals surface area contributed by atoms with Gasteiger partial charge in [0.1, 0.15) is 5.65 Å². The molecule has 2 aliphatic rings. The quantitative estimate of drug-likeness (QED) is 0.541. The van der Waals surface area contributed by atoms with E-state index in [9.17, 15) is 9.18 Å². The molecular weight excluding hydrogens is 391 g/mol. The Kier molecular flexibility index (Phi) is 5.16. The average molecular weight is 421 g/mol. The number of aromatic nitrogens is 2. The van der Waals surface area contributed by atoms with Gasteiger partial charge in [0.05, 0.1) is 0 Å². The molecular formula is C25H29FN4O. The molecule has 3 aromatic rings. The predicted molar refractivity (Wildman–Crippen MR) is 123 cm³/mol. The molecule has 0 unspecified atom stereocenters. The molecule has 1 aliphatic heterocycles. The predicted octanol–water partition coefficient (Wildman–Crippen LogP) is 5.07. The van der Waals surface area contributed by atoms with Crippen molar-refractivity contribution in [3.63, 3.8) is 0 Å². The fraction of sp³-hybridized carbons (Fsp3) is 0.440. The number of anilines is 2. The summed E-state index contributed by atoms with van der Waals surface area (Å²) >= 11 is 0. The average Bonchev–Trinajstić information content (AvgIpc) is 3.15. The maximum absolute atomic E-state index is 14.9. The summed E-state index contributed by atoms with van der Waals surface area (Å²) in [6.45, 7) is 6.84. The van der Waals surface area contributed by atoms with E-state index in [-0.39, 0.29) is 11.6 Å². The highest BCUT2D eigenvalue weighted by molar-refractivity contribution is 5.94. The summed E-state index contributed by atoms with van der Waals surface area (Å²) in [4.78, 5) is 20.6. The van der Waals surface area contributed by atoms with Gasteiger partial charge in [-0.2, -0.15) is 0 Å². The van der Waals surface area contributed by atoms with Crippen LogP contribution in [0.15, 0.2) is 42.6 Å². The van der Waals surface area contributed by atoms with Gasteiger partial charge >= 0.3 is 0 Å². The zero-order chi connectivity index (χ0) is 21.5. The second kappa shape index (κ2) is 7.98. The number of hydrogen-bond donors (Lipinski definition) is 0. The van der Waals surface area contributed by atoms with Crippen LogP contribution < -0.4 is 9.80 Å². The number of rotatable bonds is 5. The van der Waals surface area contributed by atoms with Crippen molar-refractivity contribution in [3.05, 3.63) is 54.0 Å². The van der Waals surface area contributed by atoms with Crippen molar-refractivity contribution in [2.75, 3.05) is 36.0 Å². The standard InChI is InChI=1S/C25H29FN4O/c1-3-18-14-22(15-18)30-9-8-20-16-23(26)25(27-24(20)30)29-12-10-28(11-13-29)21-6-4-19(5-7-21)17(2)31/h4-9,16,18,22H,3,10-15H2,1-2H3. The molecule has 0 N–H and O–H groups in total. The van der Waals surface area contributed by atoms with E-state index in [1.807, 2.05) is 30.3 Å². The van der Waals surface area contributed by atoms with E-state index in [0.29, 0.717) is 24.9 Å². The molecule has 0 spiro atoms.